The summed E-state index contributed by atoms with van der Waals surface area (Å²) in [5, 5.41) is 22.9. The van der Waals surface area contributed by atoms with E-state index >= 15 is 0 Å². The van der Waals surface area contributed by atoms with Crippen molar-refractivity contribution in [1.29, 1.82) is 0 Å². The Balaban J connectivity index is 2.99. The summed E-state index contributed by atoms with van der Waals surface area (Å²) >= 11 is 0. The molecule has 1 aliphatic rings. The normalized spacial score (nSPS) is 18.1. The van der Waals surface area contributed by atoms with E-state index in [1.54, 1.807) is 6.92 Å². The lowest BCUT2D eigenvalue weighted by Crippen LogP contribution is -2.50. The van der Waals surface area contributed by atoms with E-state index in [4.69, 9.17) is 4.74 Å². The van der Waals surface area contributed by atoms with Gasteiger partial charge in [-0.2, -0.15) is 0 Å². The second kappa shape index (κ2) is 8.82. The van der Waals surface area contributed by atoms with Crippen molar-refractivity contribution in [1.82, 2.24) is 0 Å². The highest BCUT2D eigenvalue weighted by Crippen LogP contribution is 2.37. The third-order valence-electron chi connectivity index (χ3n) is 4.63. The zero-order valence-electron chi connectivity index (χ0n) is 13.6. The number of ketones is 1. The van der Waals surface area contributed by atoms with Gasteiger partial charge in [-0.1, -0.05) is 25.8 Å². The predicted molar refractivity (Wildman–Crippen MR) is 78.9 cm³/mol. The number of rotatable bonds is 10. The topological polar surface area (TPSA) is 107 Å². The molecule has 1 unspecified atom stereocenters. The molecule has 0 saturated heterocycles. The quantitative estimate of drug-likeness (QED) is 0.413. The van der Waals surface area contributed by atoms with Crippen LogP contribution in [0.1, 0.15) is 51.9 Å². The summed E-state index contributed by atoms with van der Waals surface area (Å²) in [5.41, 5.74) is -2.59. The van der Waals surface area contributed by atoms with Crippen LogP contribution in [0.15, 0.2) is 12.2 Å². The van der Waals surface area contributed by atoms with Gasteiger partial charge in [-0.15, -0.1) is 0 Å². The smallest absolute Gasteiger partial charge is 0.137 e. The van der Waals surface area contributed by atoms with Crippen molar-refractivity contribution >= 4 is 17.7 Å². The zero-order chi connectivity index (χ0) is 17.5. The van der Waals surface area contributed by atoms with Gasteiger partial charge in [0.25, 0.3) is 0 Å². The van der Waals surface area contributed by atoms with Crippen LogP contribution in [0, 0.1) is 11.3 Å². The van der Waals surface area contributed by atoms with Crippen molar-refractivity contribution in [2.75, 3.05) is 13.2 Å². The van der Waals surface area contributed by atoms with Crippen molar-refractivity contribution in [3.8, 4) is 0 Å². The Bertz CT molecular complexity index is 464. The molecular weight excluding hydrogens is 300 g/mol. The highest BCUT2D eigenvalue weighted by atomic mass is 16.5. The van der Waals surface area contributed by atoms with Crippen molar-refractivity contribution in [2.45, 2.75) is 51.9 Å². The van der Waals surface area contributed by atoms with Gasteiger partial charge in [-0.25, -0.2) is 0 Å². The average Bonchev–Trinajstić information content (AvgIpc) is 2.53. The second-order valence-corrected chi connectivity index (χ2v) is 6.06. The highest BCUT2D eigenvalue weighted by molar-refractivity contribution is 5.98. The number of carboxylic acids is 2. The molecule has 1 atom stereocenters. The largest absolute Gasteiger partial charge is 0.549 e. The molecule has 130 valence electrons. The summed E-state index contributed by atoms with van der Waals surface area (Å²) in [5.74, 6) is -3.75. The summed E-state index contributed by atoms with van der Waals surface area (Å²) in [6.45, 7) is 5.44. The Kier molecular flexibility index (Phi) is 7.42. The van der Waals surface area contributed by atoms with Crippen molar-refractivity contribution in [3.63, 3.8) is 0 Å². The molecule has 1 fully saturated rings. The lowest BCUT2D eigenvalue weighted by atomic mass is 9.71. The maximum absolute atomic E-state index is 12.5. The molecule has 0 bridgehead atoms. The second-order valence-electron chi connectivity index (χ2n) is 6.06. The van der Waals surface area contributed by atoms with Gasteiger partial charge >= 0.3 is 0 Å². The van der Waals surface area contributed by atoms with E-state index < -0.39 is 29.3 Å². The number of carboxylic acid groups (broad SMARTS) is 2. The molecule has 0 aliphatic heterocycles. The van der Waals surface area contributed by atoms with Gasteiger partial charge in [-0.3, -0.25) is 4.79 Å². The summed E-state index contributed by atoms with van der Waals surface area (Å²) in [4.78, 5) is 35.4. The predicted octanol–water partition coefficient (Wildman–Crippen LogP) is -0.00510. The van der Waals surface area contributed by atoms with Gasteiger partial charge in [0.2, 0.25) is 0 Å². The van der Waals surface area contributed by atoms with Crippen LogP contribution in [0.3, 0.4) is 0 Å². The summed E-state index contributed by atoms with van der Waals surface area (Å²) in [6.07, 6.45) is 3.74. The van der Waals surface area contributed by atoms with Gasteiger partial charge in [0.1, 0.15) is 5.78 Å². The van der Waals surface area contributed by atoms with Crippen LogP contribution in [-0.2, 0) is 19.1 Å². The van der Waals surface area contributed by atoms with Gasteiger partial charge < -0.3 is 24.5 Å². The highest BCUT2D eigenvalue weighted by Gasteiger charge is 2.39. The minimum atomic E-state index is -1.97. The molecule has 0 amide bonds. The number of carbonyl (C=O) groups is 3. The van der Waals surface area contributed by atoms with E-state index in [1.165, 1.54) is 0 Å². The van der Waals surface area contributed by atoms with E-state index in [0.717, 1.165) is 19.3 Å². The summed E-state index contributed by atoms with van der Waals surface area (Å²) in [7, 11) is 0. The third kappa shape index (κ3) is 4.89. The fraction of sp³-hybridized carbons (Fsp3) is 0.706. The fourth-order valence-electron chi connectivity index (χ4n) is 3.10. The Morgan fingerprint density at radius 2 is 1.78 bits per heavy atom. The standard InChI is InChI=1S/C17H26O6/c1-3-23-10-9-17(16(21)22,12(2)15(19)20)11-14(18)13-7-5-4-6-8-13/h13H,2-11H2,1H3,(H,19,20)(H,21,22)/p-2. The van der Waals surface area contributed by atoms with Crippen molar-refractivity contribution in [2.24, 2.45) is 11.3 Å². The molecule has 0 aromatic heterocycles. The number of hydrogen-bond acceptors (Lipinski definition) is 6. The lowest BCUT2D eigenvalue weighted by Gasteiger charge is -2.38. The molecule has 1 aliphatic carbocycles. The first kappa shape index (κ1) is 19.4. The van der Waals surface area contributed by atoms with Gasteiger partial charge in [0, 0.05) is 31.0 Å². The molecule has 6 nitrogen and oxygen atoms in total. The molecule has 0 spiro atoms. The van der Waals surface area contributed by atoms with Crippen LogP contribution >= 0.6 is 0 Å². The molecule has 0 aromatic carbocycles. The number of aliphatic carboxylic acids is 2. The fourth-order valence-corrected chi connectivity index (χ4v) is 3.10. The molecule has 1 rings (SSSR count). The molecule has 0 heterocycles. The van der Waals surface area contributed by atoms with Crippen LogP contribution in [0.25, 0.3) is 0 Å². The minimum absolute atomic E-state index is 0.00866. The lowest BCUT2D eigenvalue weighted by molar-refractivity contribution is -0.322. The number of ether oxygens (including phenoxy) is 1. The summed E-state index contributed by atoms with van der Waals surface area (Å²) in [6, 6.07) is 0. The Morgan fingerprint density at radius 1 is 1.17 bits per heavy atom. The SMILES string of the molecule is C=C(C(=O)[O-])C(CCOCC)(CC(=O)C1CCCCC1)C(=O)[O-]. The Labute approximate surface area is 136 Å². The van der Waals surface area contributed by atoms with Crippen LogP contribution in [0.4, 0.5) is 0 Å². The number of Topliss-reactive ketones (excluding diaryl/α,β-unsaturated/α-hetero) is 1. The minimum Gasteiger partial charge on any atom is -0.549 e. The van der Waals surface area contributed by atoms with Crippen LogP contribution in [-0.4, -0.2) is 30.9 Å². The Hall–Kier alpha value is -1.69. The molecule has 0 aromatic rings. The zero-order valence-corrected chi connectivity index (χ0v) is 13.6. The van der Waals surface area contributed by atoms with Gasteiger partial charge in [-0.05, 0) is 31.8 Å². The Morgan fingerprint density at radius 3 is 2.26 bits per heavy atom. The maximum atomic E-state index is 12.5. The van der Waals surface area contributed by atoms with Crippen molar-refractivity contribution in [3.05, 3.63) is 12.2 Å². The molecule has 23 heavy (non-hydrogen) atoms. The average molecular weight is 324 g/mol. The first-order valence-corrected chi connectivity index (χ1v) is 8.07. The molecule has 1 saturated carbocycles. The van der Waals surface area contributed by atoms with Crippen molar-refractivity contribution < 1.29 is 29.3 Å². The first-order valence-electron chi connectivity index (χ1n) is 8.07. The molecular formula is C17H24O6-2. The number of carbonyl (C=O) groups excluding carboxylic acids is 3. The maximum Gasteiger partial charge on any atom is 0.137 e. The van der Waals surface area contributed by atoms with Crippen LogP contribution in [0.2, 0.25) is 0 Å². The monoisotopic (exact) mass is 324 g/mol. The van der Waals surface area contributed by atoms with E-state index in [9.17, 15) is 24.6 Å². The summed E-state index contributed by atoms with van der Waals surface area (Å²) < 4.78 is 5.14. The van der Waals surface area contributed by atoms with E-state index in [1.807, 2.05) is 0 Å². The number of hydrogen-bond donors (Lipinski definition) is 0. The van der Waals surface area contributed by atoms with E-state index in [2.05, 4.69) is 6.58 Å². The third-order valence-corrected chi connectivity index (χ3v) is 4.63. The first-order chi connectivity index (χ1) is 10.8. The van der Waals surface area contributed by atoms with Gasteiger partial charge in [0.15, 0.2) is 0 Å². The molecule has 0 radical (unpaired) electrons. The van der Waals surface area contributed by atoms with Crippen LogP contribution < -0.4 is 10.2 Å². The van der Waals surface area contributed by atoms with E-state index in [0.29, 0.717) is 19.4 Å². The van der Waals surface area contributed by atoms with Crippen LogP contribution in [0.5, 0.6) is 0 Å². The molecule has 0 N–H and O–H groups in total. The molecule has 6 heteroatoms. The van der Waals surface area contributed by atoms with Gasteiger partial charge in [0.05, 0.1) is 11.9 Å². The van der Waals surface area contributed by atoms with E-state index in [-0.39, 0.29) is 24.7 Å².